The molecule has 0 radical (unpaired) electrons. The van der Waals surface area contributed by atoms with Gasteiger partial charge in [0, 0.05) is 11.9 Å². The van der Waals surface area contributed by atoms with Gasteiger partial charge in [0.25, 0.3) is 0 Å². The Morgan fingerprint density at radius 2 is 2.06 bits per heavy atom. The summed E-state index contributed by atoms with van der Waals surface area (Å²) in [7, 11) is 0. The minimum Gasteiger partial charge on any atom is -0.478 e. The molecule has 0 fully saturated rings. The first-order valence-electron chi connectivity index (χ1n) is 4.94. The Bertz CT molecular complexity index is 538. The molecule has 5 heteroatoms. The molecular formula is C12H10N2O3. The molecule has 5 nitrogen and oxygen atoms in total. The molecule has 0 amide bonds. The van der Waals surface area contributed by atoms with E-state index in [1.54, 1.807) is 12.3 Å². The van der Waals surface area contributed by atoms with E-state index in [4.69, 9.17) is 9.84 Å². The number of hydrogen-bond acceptors (Lipinski definition) is 4. The molecule has 0 spiro atoms. The topological polar surface area (TPSA) is 72.3 Å². The van der Waals surface area contributed by atoms with Gasteiger partial charge in [0.1, 0.15) is 11.5 Å². The number of pyridine rings is 2. The number of aryl methyl sites for hydroxylation is 1. The molecule has 2 aromatic heterocycles. The number of rotatable bonds is 3. The zero-order valence-corrected chi connectivity index (χ0v) is 9.12. The molecule has 0 saturated carbocycles. The summed E-state index contributed by atoms with van der Waals surface area (Å²) in [5.74, 6) is -0.125. The molecule has 0 aromatic carbocycles. The Hall–Kier alpha value is -2.43. The molecule has 86 valence electrons. The third-order valence-corrected chi connectivity index (χ3v) is 2.08. The van der Waals surface area contributed by atoms with Gasteiger partial charge < -0.3 is 9.84 Å². The highest BCUT2D eigenvalue weighted by atomic mass is 16.5. The first-order valence-corrected chi connectivity index (χ1v) is 4.94. The summed E-state index contributed by atoms with van der Waals surface area (Å²) in [6.07, 6.45) is 4.29. The van der Waals surface area contributed by atoms with E-state index in [-0.39, 0.29) is 5.56 Å². The summed E-state index contributed by atoms with van der Waals surface area (Å²) in [5, 5.41) is 8.80. The van der Waals surface area contributed by atoms with Crippen LogP contribution in [0.25, 0.3) is 0 Å². The quantitative estimate of drug-likeness (QED) is 0.875. The average molecular weight is 230 g/mol. The van der Waals surface area contributed by atoms with Crippen LogP contribution in [0.3, 0.4) is 0 Å². The summed E-state index contributed by atoms with van der Waals surface area (Å²) in [6, 6.07) is 4.98. The summed E-state index contributed by atoms with van der Waals surface area (Å²) >= 11 is 0. The molecule has 0 aliphatic carbocycles. The van der Waals surface area contributed by atoms with Gasteiger partial charge in [-0.3, -0.25) is 9.97 Å². The van der Waals surface area contributed by atoms with Crippen LogP contribution in [0.1, 0.15) is 16.1 Å². The van der Waals surface area contributed by atoms with Crippen LogP contribution in [0.15, 0.2) is 36.8 Å². The van der Waals surface area contributed by atoms with Crippen LogP contribution in [0.4, 0.5) is 0 Å². The van der Waals surface area contributed by atoms with E-state index in [1.807, 2.05) is 13.0 Å². The van der Waals surface area contributed by atoms with Gasteiger partial charge in [0.05, 0.1) is 18.0 Å². The van der Waals surface area contributed by atoms with Gasteiger partial charge >= 0.3 is 5.97 Å². The molecule has 2 heterocycles. The van der Waals surface area contributed by atoms with Crippen LogP contribution >= 0.6 is 0 Å². The lowest BCUT2D eigenvalue weighted by Gasteiger charge is -2.05. The number of aromatic nitrogens is 2. The molecule has 2 rings (SSSR count). The van der Waals surface area contributed by atoms with Crippen molar-refractivity contribution in [2.45, 2.75) is 6.92 Å². The van der Waals surface area contributed by atoms with Crippen molar-refractivity contribution in [1.29, 1.82) is 0 Å². The second-order valence-electron chi connectivity index (χ2n) is 3.45. The maximum Gasteiger partial charge on any atom is 0.337 e. The Kier molecular flexibility index (Phi) is 3.00. The molecule has 1 N–H and O–H groups in total. The average Bonchev–Trinajstić information content (AvgIpc) is 2.32. The highest BCUT2D eigenvalue weighted by Gasteiger charge is 2.05. The number of carboxylic acids is 1. The minimum absolute atomic E-state index is 0.0857. The number of ether oxygens (including phenoxy) is 1. The third kappa shape index (κ3) is 2.78. The first kappa shape index (κ1) is 11.1. The van der Waals surface area contributed by atoms with Crippen molar-refractivity contribution in [2.75, 3.05) is 0 Å². The monoisotopic (exact) mass is 230 g/mol. The SMILES string of the molecule is Cc1ccc(Oc2cncc(C(=O)O)c2)cn1. The largest absolute Gasteiger partial charge is 0.478 e. The molecular weight excluding hydrogens is 220 g/mol. The number of aromatic carboxylic acids is 1. The second kappa shape index (κ2) is 4.61. The fourth-order valence-corrected chi connectivity index (χ4v) is 1.24. The van der Waals surface area contributed by atoms with Crippen molar-refractivity contribution in [3.05, 3.63) is 48.0 Å². The Morgan fingerprint density at radius 3 is 2.71 bits per heavy atom. The lowest BCUT2D eigenvalue weighted by atomic mass is 10.3. The number of nitrogens with zero attached hydrogens (tertiary/aromatic N) is 2. The highest BCUT2D eigenvalue weighted by Crippen LogP contribution is 2.20. The summed E-state index contributed by atoms with van der Waals surface area (Å²) in [5.41, 5.74) is 0.970. The molecule has 0 saturated heterocycles. The van der Waals surface area contributed by atoms with Gasteiger partial charge in [-0.05, 0) is 25.1 Å². The minimum atomic E-state index is -1.04. The Labute approximate surface area is 97.7 Å². The van der Waals surface area contributed by atoms with Crippen molar-refractivity contribution >= 4 is 5.97 Å². The van der Waals surface area contributed by atoms with Crippen LogP contribution in [0.2, 0.25) is 0 Å². The van der Waals surface area contributed by atoms with Gasteiger partial charge in [0.15, 0.2) is 0 Å². The van der Waals surface area contributed by atoms with Gasteiger partial charge in [0.2, 0.25) is 0 Å². The summed E-state index contributed by atoms with van der Waals surface area (Å²) in [4.78, 5) is 18.6. The molecule has 0 atom stereocenters. The Morgan fingerprint density at radius 1 is 1.24 bits per heavy atom. The number of carboxylic acid groups (broad SMARTS) is 1. The van der Waals surface area contributed by atoms with E-state index >= 15 is 0 Å². The zero-order valence-electron chi connectivity index (χ0n) is 9.12. The fourth-order valence-electron chi connectivity index (χ4n) is 1.24. The predicted octanol–water partition coefficient (Wildman–Crippen LogP) is 2.28. The highest BCUT2D eigenvalue weighted by molar-refractivity contribution is 5.87. The van der Waals surface area contributed by atoms with Crippen LogP contribution in [-0.2, 0) is 0 Å². The lowest BCUT2D eigenvalue weighted by Crippen LogP contribution is -1.97. The van der Waals surface area contributed by atoms with Gasteiger partial charge in [-0.25, -0.2) is 4.79 Å². The lowest BCUT2D eigenvalue weighted by molar-refractivity contribution is 0.0696. The third-order valence-electron chi connectivity index (χ3n) is 2.08. The van der Waals surface area contributed by atoms with Gasteiger partial charge in [-0.1, -0.05) is 0 Å². The van der Waals surface area contributed by atoms with Crippen LogP contribution in [-0.4, -0.2) is 21.0 Å². The molecule has 0 unspecified atom stereocenters. The molecule has 2 aromatic rings. The van der Waals surface area contributed by atoms with E-state index in [9.17, 15) is 4.79 Å². The summed E-state index contributed by atoms with van der Waals surface area (Å²) in [6.45, 7) is 1.87. The standard InChI is InChI=1S/C12H10N2O3/c1-8-2-3-10(7-14-8)17-11-4-9(12(15)16)5-13-6-11/h2-7H,1H3,(H,15,16). The van der Waals surface area contributed by atoms with Crippen LogP contribution in [0.5, 0.6) is 11.5 Å². The molecule has 0 aliphatic heterocycles. The van der Waals surface area contributed by atoms with E-state index in [2.05, 4.69) is 9.97 Å². The number of hydrogen-bond donors (Lipinski definition) is 1. The smallest absolute Gasteiger partial charge is 0.337 e. The molecule has 17 heavy (non-hydrogen) atoms. The van der Waals surface area contributed by atoms with Gasteiger partial charge in [-0.15, -0.1) is 0 Å². The summed E-state index contributed by atoms with van der Waals surface area (Å²) < 4.78 is 5.44. The van der Waals surface area contributed by atoms with E-state index in [1.165, 1.54) is 18.5 Å². The van der Waals surface area contributed by atoms with Crippen LogP contribution in [0, 0.1) is 6.92 Å². The molecule has 0 bridgehead atoms. The van der Waals surface area contributed by atoms with Gasteiger partial charge in [-0.2, -0.15) is 0 Å². The van der Waals surface area contributed by atoms with Crippen molar-refractivity contribution in [3.63, 3.8) is 0 Å². The normalized spacial score (nSPS) is 9.94. The second-order valence-corrected chi connectivity index (χ2v) is 3.45. The van der Waals surface area contributed by atoms with E-state index in [0.29, 0.717) is 11.5 Å². The van der Waals surface area contributed by atoms with Crippen molar-refractivity contribution in [1.82, 2.24) is 9.97 Å². The van der Waals surface area contributed by atoms with E-state index in [0.717, 1.165) is 5.69 Å². The maximum atomic E-state index is 10.7. The predicted molar refractivity (Wildman–Crippen MR) is 60.2 cm³/mol. The van der Waals surface area contributed by atoms with Crippen molar-refractivity contribution in [3.8, 4) is 11.5 Å². The number of carbonyl (C=O) groups is 1. The zero-order chi connectivity index (χ0) is 12.3. The van der Waals surface area contributed by atoms with E-state index < -0.39 is 5.97 Å². The first-order chi connectivity index (χ1) is 8.15. The Balaban J connectivity index is 2.21. The fraction of sp³-hybridized carbons (Fsp3) is 0.0833. The van der Waals surface area contributed by atoms with Crippen molar-refractivity contribution < 1.29 is 14.6 Å². The van der Waals surface area contributed by atoms with Crippen molar-refractivity contribution in [2.24, 2.45) is 0 Å². The maximum absolute atomic E-state index is 10.7. The molecule has 0 aliphatic rings. The van der Waals surface area contributed by atoms with Crippen LogP contribution < -0.4 is 4.74 Å².